The molecule has 0 fully saturated rings. The summed E-state index contributed by atoms with van der Waals surface area (Å²) in [4.78, 5) is 112. The fraction of sp³-hybridized carbons (Fsp3) is 0.591. The monoisotopic (exact) mass is 516 g/mol. The van der Waals surface area contributed by atoms with E-state index in [9.17, 15) is 43.2 Å². The summed E-state index contributed by atoms with van der Waals surface area (Å²) in [6.07, 6.45) is -4.47. The van der Waals surface area contributed by atoms with Crippen LogP contribution < -0.4 is 0 Å². The van der Waals surface area contributed by atoms with Crippen LogP contribution in [0.5, 0.6) is 0 Å². The third kappa shape index (κ3) is 7.02. The fourth-order valence-electron chi connectivity index (χ4n) is 3.52. The van der Waals surface area contributed by atoms with Crippen molar-refractivity contribution in [2.24, 2.45) is 0 Å². The van der Waals surface area contributed by atoms with Gasteiger partial charge in [-0.2, -0.15) is 0 Å². The van der Waals surface area contributed by atoms with Crippen molar-refractivity contribution in [3.05, 3.63) is 0 Å². The van der Waals surface area contributed by atoms with Crippen molar-refractivity contribution < 1.29 is 66.8 Å². The maximum Gasteiger partial charge on any atom is 0.304 e. The summed E-state index contributed by atoms with van der Waals surface area (Å²) in [6.45, 7) is 5.10. The zero-order chi connectivity index (χ0) is 28.6. The Morgan fingerprint density at radius 1 is 0.583 bits per heavy atom. The molecule has 0 N–H and O–H groups in total. The first-order valence-electron chi connectivity index (χ1n) is 10.3. The highest BCUT2D eigenvalue weighted by Crippen LogP contribution is 2.41. The highest BCUT2D eigenvalue weighted by atomic mass is 16.7. The lowest BCUT2D eigenvalue weighted by atomic mass is 9.68. The molecular formula is C22H28O14. The average Bonchev–Trinajstić information content (AvgIpc) is 2.69. The third-order valence-corrected chi connectivity index (χ3v) is 4.58. The highest BCUT2D eigenvalue weighted by Gasteiger charge is 2.75. The molecule has 0 saturated heterocycles. The van der Waals surface area contributed by atoms with Crippen molar-refractivity contribution in [2.75, 3.05) is 6.61 Å². The Morgan fingerprint density at radius 2 is 1.06 bits per heavy atom. The number of ketones is 4. The Labute approximate surface area is 205 Å². The summed E-state index contributed by atoms with van der Waals surface area (Å²) in [6, 6.07) is 0. The van der Waals surface area contributed by atoms with Crippen molar-refractivity contribution in [3.63, 3.8) is 0 Å². The van der Waals surface area contributed by atoms with Crippen LogP contribution in [0.4, 0.5) is 0 Å². The van der Waals surface area contributed by atoms with Crippen LogP contribution in [-0.2, 0) is 66.8 Å². The van der Waals surface area contributed by atoms with Crippen molar-refractivity contribution in [3.8, 4) is 0 Å². The van der Waals surface area contributed by atoms with Crippen LogP contribution in [-0.4, -0.2) is 83.0 Å². The van der Waals surface area contributed by atoms with Crippen LogP contribution in [0, 0.1) is 0 Å². The minimum Gasteiger partial charge on any atom is -0.462 e. The molecule has 36 heavy (non-hydrogen) atoms. The van der Waals surface area contributed by atoms with E-state index in [2.05, 4.69) is 0 Å². The molecule has 0 aliphatic heterocycles. The van der Waals surface area contributed by atoms with Crippen LogP contribution >= 0.6 is 0 Å². The third-order valence-electron chi connectivity index (χ3n) is 4.58. The number of carbonyl (C=O) groups excluding carboxylic acids is 9. The largest absolute Gasteiger partial charge is 0.462 e. The van der Waals surface area contributed by atoms with E-state index in [-0.39, 0.29) is 0 Å². The van der Waals surface area contributed by atoms with E-state index in [1.54, 1.807) is 0 Å². The molecule has 0 saturated carbocycles. The van der Waals surface area contributed by atoms with Gasteiger partial charge in [-0.05, 0) is 13.8 Å². The van der Waals surface area contributed by atoms with E-state index in [1.807, 2.05) is 0 Å². The van der Waals surface area contributed by atoms with Crippen molar-refractivity contribution in [2.45, 2.75) is 78.8 Å². The zero-order valence-corrected chi connectivity index (χ0v) is 21.1. The van der Waals surface area contributed by atoms with Crippen LogP contribution in [0.3, 0.4) is 0 Å². The molecule has 0 aromatic carbocycles. The molecule has 4 atom stereocenters. The van der Waals surface area contributed by atoms with E-state index in [0.29, 0.717) is 27.7 Å². The predicted molar refractivity (Wildman–Crippen MR) is 114 cm³/mol. The van der Waals surface area contributed by atoms with Gasteiger partial charge in [0.2, 0.25) is 0 Å². The van der Waals surface area contributed by atoms with E-state index < -0.39 is 83.0 Å². The van der Waals surface area contributed by atoms with E-state index in [0.717, 1.165) is 27.7 Å². The van der Waals surface area contributed by atoms with Gasteiger partial charge in [0, 0.05) is 41.5 Å². The van der Waals surface area contributed by atoms with Gasteiger partial charge in [-0.3, -0.25) is 43.2 Å². The van der Waals surface area contributed by atoms with Gasteiger partial charge in [0.05, 0.1) is 0 Å². The van der Waals surface area contributed by atoms with Gasteiger partial charge in [-0.25, -0.2) is 0 Å². The molecule has 14 nitrogen and oxygen atoms in total. The molecule has 0 spiro atoms. The smallest absolute Gasteiger partial charge is 0.304 e. The van der Waals surface area contributed by atoms with Crippen LogP contribution in [0.15, 0.2) is 0 Å². The zero-order valence-electron chi connectivity index (χ0n) is 21.1. The lowest BCUT2D eigenvalue weighted by molar-refractivity contribution is -0.243. The van der Waals surface area contributed by atoms with Gasteiger partial charge in [-0.1, -0.05) is 0 Å². The Kier molecular flexibility index (Phi) is 11.3. The van der Waals surface area contributed by atoms with Crippen molar-refractivity contribution in [1.82, 2.24) is 0 Å². The topological polar surface area (TPSA) is 200 Å². The molecule has 0 aromatic rings. The van der Waals surface area contributed by atoms with Gasteiger partial charge in [0.15, 0.2) is 29.6 Å². The molecule has 0 bridgehead atoms. The minimum atomic E-state index is -3.54. The predicted octanol–water partition coefficient (Wildman–Crippen LogP) is -0.647. The number of rotatable bonds is 13. The quantitative estimate of drug-likeness (QED) is 0.129. The Morgan fingerprint density at radius 3 is 1.36 bits per heavy atom. The summed E-state index contributed by atoms with van der Waals surface area (Å²) >= 11 is 0. The van der Waals surface area contributed by atoms with Crippen LogP contribution in [0.2, 0.25) is 0 Å². The molecule has 0 rings (SSSR count). The molecular weight excluding hydrogens is 488 g/mol. The fourth-order valence-corrected chi connectivity index (χ4v) is 3.52. The molecule has 14 heteroatoms. The first-order valence-corrected chi connectivity index (χ1v) is 10.3. The molecule has 0 amide bonds. The van der Waals surface area contributed by atoms with Gasteiger partial charge in [-0.15, -0.1) is 0 Å². The normalized spacial score (nSPS) is 15.4. The summed E-state index contributed by atoms with van der Waals surface area (Å²) in [5.41, 5.74) is -6.97. The second-order valence-corrected chi connectivity index (χ2v) is 7.58. The van der Waals surface area contributed by atoms with Gasteiger partial charge in [0.1, 0.15) is 6.61 Å². The second kappa shape index (κ2) is 12.7. The molecule has 0 heterocycles. The maximum absolute atomic E-state index is 13.3. The highest BCUT2D eigenvalue weighted by molar-refractivity contribution is 6.45. The molecule has 0 aliphatic carbocycles. The molecule has 0 aliphatic rings. The molecule has 0 unspecified atom stereocenters. The minimum absolute atomic E-state index is 0.642. The number of esters is 5. The summed E-state index contributed by atoms with van der Waals surface area (Å²) in [5, 5.41) is 0. The lowest BCUT2D eigenvalue weighted by Gasteiger charge is -2.48. The lowest BCUT2D eigenvalue weighted by Crippen LogP contribution is -2.78. The van der Waals surface area contributed by atoms with E-state index in [4.69, 9.17) is 23.7 Å². The number of carbonyl (C=O) groups is 9. The molecule has 0 radical (unpaired) electrons. The summed E-state index contributed by atoms with van der Waals surface area (Å²) in [5.74, 6) is -12.2. The van der Waals surface area contributed by atoms with Crippen LogP contribution in [0.25, 0.3) is 0 Å². The van der Waals surface area contributed by atoms with Crippen molar-refractivity contribution in [1.29, 1.82) is 0 Å². The SMILES string of the molecule is CC(=O)OC[C@@H](OC(C)=O)[C@@H](OC(C)=O)[C@@](OC(C)=O)(C(C)=O)[C@](OC(C)=O)(C(C)=O)C(=O)C(C)=O. The number of Topliss-reactive ketones (excluding diaryl/α,β-unsaturated/α-hetero) is 4. The first kappa shape index (κ1) is 32.0. The molecule has 0 aromatic heterocycles. The summed E-state index contributed by atoms with van der Waals surface area (Å²) < 4.78 is 25.1. The standard InChI is InChI=1S/C22H28O14/c1-10(23)19(31)21(11(2)24,35-16(7)29)22(12(3)25,36-17(8)30)20(34-15(6)28)18(33-14(5)27)9-32-13(4)26/h18,20H,9H2,1-8H3/t18-,20-,21+,22+/m1/s1. The van der Waals surface area contributed by atoms with E-state index >= 15 is 0 Å². The molecule has 200 valence electrons. The number of ether oxygens (including phenoxy) is 5. The van der Waals surface area contributed by atoms with Crippen molar-refractivity contribution >= 4 is 53.0 Å². The van der Waals surface area contributed by atoms with Gasteiger partial charge >= 0.3 is 29.8 Å². The van der Waals surface area contributed by atoms with E-state index in [1.165, 1.54) is 0 Å². The Balaban J connectivity index is 8.04. The maximum atomic E-state index is 13.3. The Bertz CT molecular complexity index is 979. The average molecular weight is 516 g/mol. The number of hydrogen-bond acceptors (Lipinski definition) is 14. The second-order valence-electron chi connectivity index (χ2n) is 7.58. The van der Waals surface area contributed by atoms with Crippen LogP contribution in [0.1, 0.15) is 55.4 Å². The van der Waals surface area contributed by atoms with Gasteiger partial charge in [0.25, 0.3) is 17.0 Å². The first-order chi connectivity index (χ1) is 16.4. The summed E-state index contributed by atoms with van der Waals surface area (Å²) in [7, 11) is 0. The van der Waals surface area contributed by atoms with Gasteiger partial charge < -0.3 is 23.7 Å². The Hall–Kier alpha value is -3.97. The number of hydrogen-bond donors (Lipinski definition) is 0.